The van der Waals surface area contributed by atoms with Gasteiger partial charge in [-0.3, -0.25) is 9.59 Å². The van der Waals surface area contributed by atoms with Crippen molar-refractivity contribution in [1.29, 1.82) is 0 Å². The van der Waals surface area contributed by atoms with Crippen LogP contribution in [0.15, 0.2) is 10.9 Å². The maximum Gasteiger partial charge on any atom is 0.226 e. The van der Waals surface area contributed by atoms with Crippen LogP contribution in [-0.2, 0) is 16.0 Å². The predicted molar refractivity (Wildman–Crippen MR) is 68.9 cm³/mol. The second-order valence-corrected chi connectivity index (χ2v) is 5.41. The molecule has 0 aliphatic heterocycles. The van der Waals surface area contributed by atoms with Crippen LogP contribution >= 0.6 is 11.3 Å². The zero-order valence-electron chi connectivity index (χ0n) is 10.1. The fourth-order valence-corrected chi connectivity index (χ4v) is 2.91. The molecule has 3 N–H and O–H groups in total. The van der Waals surface area contributed by atoms with E-state index in [4.69, 9.17) is 5.73 Å². The van der Waals surface area contributed by atoms with Crippen LogP contribution in [0.25, 0.3) is 0 Å². The molecule has 1 aromatic rings. The van der Waals surface area contributed by atoms with Gasteiger partial charge in [0.2, 0.25) is 11.8 Å². The number of nitrogens with two attached hydrogens (primary N) is 1. The zero-order valence-corrected chi connectivity index (χ0v) is 10.9. The highest BCUT2D eigenvalue weighted by Crippen LogP contribution is 2.23. The van der Waals surface area contributed by atoms with E-state index in [0.717, 1.165) is 25.0 Å². The summed E-state index contributed by atoms with van der Waals surface area (Å²) in [7, 11) is 0. The molecule has 98 valence electrons. The smallest absolute Gasteiger partial charge is 0.226 e. The first-order chi connectivity index (χ1) is 8.65. The van der Waals surface area contributed by atoms with Crippen LogP contribution in [-0.4, -0.2) is 22.8 Å². The average Bonchev–Trinajstić information content (AvgIpc) is 2.82. The SMILES string of the molecule is NC(=O)C1CCCC(NC(=O)Cc2cscn2)C1. The Labute approximate surface area is 110 Å². The summed E-state index contributed by atoms with van der Waals surface area (Å²) >= 11 is 1.48. The van der Waals surface area contributed by atoms with Gasteiger partial charge >= 0.3 is 0 Å². The van der Waals surface area contributed by atoms with Crippen molar-refractivity contribution in [2.24, 2.45) is 11.7 Å². The number of nitrogens with zero attached hydrogens (tertiary/aromatic N) is 1. The van der Waals surface area contributed by atoms with E-state index in [1.807, 2.05) is 5.38 Å². The summed E-state index contributed by atoms with van der Waals surface area (Å²) in [6.07, 6.45) is 3.68. The molecular weight excluding hydrogens is 250 g/mol. The number of rotatable bonds is 4. The van der Waals surface area contributed by atoms with Gasteiger partial charge in [0.1, 0.15) is 0 Å². The molecule has 2 rings (SSSR count). The van der Waals surface area contributed by atoms with Gasteiger partial charge in [-0.2, -0.15) is 0 Å². The molecular formula is C12H17N3O2S. The average molecular weight is 267 g/mol. The summed E-state index contributed by atoms with van der Waals surface area (Å²) < 4.78 is 0. The van der Waals surface area contributed by atoms with Gasteiger partial charge in [0.25, 0.3) is 0 Å². The summed E-state index contributed by atoms with van der Waals surface area (Å²) in [6, 6.07) is 0.0717. The molecule has 2 atom stereocenters. The van der Waals surface area contributed by atoms with Crippen LogP contribution in [0.2, 0.25) is 0 Å². The standard InChI is InChI=1S/C12H17N3O2S/c13-12(17)8-2-1-3-9(4-8)15-11(16)5-10-6-18-7-14-10/h6-9H,1-5H2,(H2,13,17)(H,15,16). The Morgan fingerprint density at radius 1 is 1.50 bits per heavy atom. The monoisotopic (exact) mass is 267 g/mol. The van der Waals surface area contributed by atoms with E-state index >= 15 is 0 Å². The molecule has 1 aromatic heterocycles. The molecule has 0 radical (unpaired) electrons. The van der Waals surface area contributed by atoms with Gasteiger partial charge in [0.15, 0.2) is 0 Å². The molecule has 0 aromatic carbocycles. The summed E-state index contributed by atoms with van der Waals surface area (Å²) in [5.41, 5.74) is 7.82. The molecule has 1 aliphatic carbocycles. The van der Waals surface area contributed by atoms with Gasteiger partial charge in [-0.25, -0.2) is 4.98 Å². The van der Waals surface area contributed by atoms with E-state index in [1.54, 1.807) is 5.51 Å². The number of carbonyl (C=O) groups excluding carboxylic acids is 2. The Balaban J connectivity index is 1.81. The highest BCUT2D eigenvalue weighted by atomic mass is 32.1. The van der Waals surface area contributed by atoms with E-state index in [1.165, 1.54) is 11.3 Å². The summed E-state index contributed by atoms with van der Waals surface area (Å²) in [4.78, 5) is 27.0. The molecule has 2 amide bonds. The van der Waals surface area contributed by atoms with Gasteiger partial charge in [0.05, 0.1) is 17.6 Å². The van der Waals surface area contributed by atoms with Crippen molar-refractivity contribution in [3.8, 4) is 0 Å². The van der Waals surface area contributed by atoms with E-state index in [-0.39, 0.29) is 23.8 Å². The van der Waals surface area contributed by atoms with E-state index in [2.05, 4.69) is 10.3 Å². The Morgan fingerprint density at radius 2 is 2.33 bits per heavy atom. The van der Waals surface area contributed by atoms with Gasteiger partial charge in [-0.05, 0) is 19.3 Å². The molecule has 6 heteroatoms. The first-order valence-electron chi connectivity index (χ1n) is 6.11. The topological polar surface area (TPSA) is 85.1 Å². The maximum absolute atomic E-state index is 11.8. The van der Waals surface area contributed by atoms with E-state index in [0.29, 0.717) is 12.8 Å². The van der Waals surface area contributed by atoms with Gasteiger partial charge < -0.3 is 11.1 Å². The lowest BCUT2D eigenvalue weighted by atomic mass is 9.85. The number of hydrogen-bond donors (Lipinski definition) is 2. The van der Waals surface area contributed by atoms with Gasteiger partial charge in [-0.15, -0.1) is 11.3 Å². The van der Waals surface area contributed by atoms with Crippen LogP contribution < -0.4 is 11.1 Å². The first kappa shape index (κ1) is 13.0. The van der Waals surface area contributed by atoms with Crippen molar-refractivity contribution >= 4 is 23.2 Å². The highest BCUT2D eigenvalue weighted by Gasteiger charge is 2.26. The van der Waals surface area contributed by atoms with Crippen LogP contribution in [0, 0.1) is 5.92 Å². The van der Waals surface area contributed by atoms with Gasteiger partial charge in [0, 0.05) is 17.3 Å². The number of thiazole rings is 1. The predicted octanol–water partition coefficient (Wildman–Crippen LogP) is 0.846. The third-order valence-corrected chi connectivity index (χ3v) is 3.90. The van der Waals surface area contributed by atoms with Gasteiger partial charge in [-0.1, -0.05) is 6.42 Å². The number of aromatic nitrogens is 1. The first-order valence-corrected chi connectivity index (χ1v) is 7.05. The molecule has 0 bridgehead atoms. The Hall–Kier alpha value is -1.43. The quantitative estimate of drug-likeness (QED) is 0.848. The highest BCUT2D eigenvalue weighted by molar-refractivity contribution is 7.07. The lowest BCUT2D eigenvalue weighted by Crippen LogP contribution is -2.41. The molecule has 0 spiro atoms. The van der Waals surface area contributed by atoms with E-state index < -0.39 is 0 Å². The largest absolute Gasteiger partial charge is 0.369 e. The van der Waals surface area contributed by atoms with Crippen molar-refractivity contribution in [1.82, 2.24) is 10.3 Å². The molecule has 1 saturated carbocycles. The molecule has 1 heterocycles. The minimum absolute atomic E-state index is 0.0315. The van der Waals surface area contributed by atoms with Crippen molar-refractivity contribution in [3.63, 3.8) is 0 Å². The fraction of sp³-hybridized carbons (Fsp3) is 0.583. The normalized spacial score (nSPS) is 23.6. The summed E-state index contributed by atoms with van der Waals surface area (Å²) in [6.45, 7) is 0. The third-order valence-electron chi connectivity index (χ3n) is 3.27. The number of amides is 2. The Kier molecular flexibility index (Phi) is 4.30. The van der Waals surface area contributed by atoms with Crippen molar-refractivity contribution in [3.05, 3.63) is 16.6 Å². The number of carbonyl (C=O) groups is 2. The van der Waals surface area contributed by atoms with Crippen LogP contribution in [0.5, 0.6) is 0 Å². The van der Waals surface area contributed by atoms with E-state index in [9.17, 15) is 9.59 Å². The minimum atomic E-state index is -0.256. The molecule has 2 unspecified atom stereocenters. The third kappa shape index (κ3) is 3.53. The zero-order chi connectivity index (χ0) is 13.0. The molecule has 18 heavy (non-hydrogen) atoms. The van der Waals surface area contributed by atoms with Crippen molar-refractivity contribution in [2.45, 2.75) is 38.1 Å². The molecule has 1 fully saturated rings. The van der Waals surface area contributed by atoms with Crippen molar-refractivity contribution < 1.29 is 9.59 Å². The van der Waals surface area contributed by atoms with Crippen molar-refractivity contribution in [2.75, 3.05) is 0 Å². The Bertz CT molecular complexity index is 419. The number of primary amides is 1. The minimum Gasteiger partial charge on any atom is -0.369 e. The maximum atomic E-state index is 11.8. The molecule has 1 aliphatic rings. The number of nitrogens with one attached hydrogen (secondary N) is 1. The number of hydrogen-bond acceptors (Lipinski definition) is 4. The lowest BCUT2D eigenvalue weighted by molar-refractivity contribution is -0.125. The summed E-state index contributed by atoms with van der Waals surface area (Å²) in [5, 5.41) is 4.83. The summed E-state index contributed by atoms with van der Waals surface area (Å²) in [5.74, 6) is -0.382. The second kappa shape index (κ2) is 5.95. The lowest BCUT2D eigenvalue weighted by Gasteiger charge is -2.27. The van der Waals surface area contributed by atoms with Crippen LogP contribution in [0.3, 0.4) is 0 Å². The second-order valence-electron chi connectivity index (χ2n) is 4.69. The van der Waals surface area contributed by atoms with Crippen LogP contribution in [0.1, 0.15) is 31.4 Å². The Morgan fingerprint density at radius 3 is 3.00 bits per heavy atom. The molecule has 0 saturated heterocycles. The van der Waals surface area contributed by atoms with Crippen LogP contribution in [0.4, 0.5) is 0 Å². The fourth-order valence-electron chi connectivity index (χ4n) is 2.35. The molecule has 5 nitrogen and oxygen atoms in total.